The van der Waals surface area contributed by atoms with Crippen LogP contribution in [0.15, 0.2) is 30.3 Å². The van der Waals surface area contributed by atoms with Crippen LogP contribution >= 0.6 is 0 Å². The molecule has 0 N–H and O–H groups in total. The Balaban J connectivity index is 2.09. The van der Waals surface area contributed by atoms with Gasteiger partial charge in [-0.3, -0.25) is 9.59 Å². The van der Waals surface area contributed by atoms with Crippen LogP contribution in [-0.2, 0) is 25.7 Å². The number of ether oxygens (including phenoxy) is 2. The highest BCUT2D eigenvalue weighted by Gasteiger charge is 2.08. The van der Waals surface area contributed by atoms with Crippen molar-refractivity contribution >= 4 is 11.8 Å². The van der Waals surface area contributed by atoms with Crippen molar-refractivity contribution in [1.82, 2.24) is 0 Å². The minimum atomic E-state index is -0.331. The Labute approximate surface area is 126 Å². The van der Waals surface area contributed by atoms with Crippen molar-refractivity contribution in [2.75, 3.05) is 7.11 Å². The van der Waals surface area contributed by atoms with Gasteiger partial charge in [0, 0.05) is 12.8 Å². The van der Waals surface area contributed by atoms with Gasteiger partial charge in [-0.05, 0) is 25.3 Å². The van der Waals surface area contributed by atoms with E-state index in [4.69, 9.17) is 4.74 Å². The molecule has 0 fully saturated rings. The van der Waals surface area contributed by atoms with Crippen LogP contribution in [0.25, 0.3) is 0 Å². The second kappa shape index (κ2) is 10.1. The predicted molar refractivity (Wildman–Crippen MR) is 80.8 cm³/mol. The maximum absolute atomic E-state index is 11.6. The predicted octanol–water partition coefficient (Wildman–Crippen LogP) is 3.28. The standard InChI is InChI=1S/C17H24O4/c1-14(21-13-15-8-4-3-5-9-15)7-6-10-16(18)11-12-17(19)20-2/h3-5,8-9,14H,6-7,10-13H2,1-2H3/t14-/m1/s1. The Morgan fingerprint density at radius 1 is 1.10 bits per heavy atom. The van der Waals surface area contributed by atoms with Crippen LogP contribution in [0.3, 0.4) is 0 Å². The smallest absolute Gasteiger partial charge is 0.305 e. The number of hydrogen-bond donors (Lipinski definition) is 0. The van der Waals surface area contributed by atoms with E-state index in [0.29, 0.717) is 13.0 Å². The van der Waals surface area contributed by atoms with E-state index in [-0.39, 0.29) is 30.7 Å². The average Bonchev–Trinajstić information content (AvgIpc) is 2.51. The van der Waals surface area contributed by atoms with Crippen molar-refractivity contribution in [2.45, 2.75) is 51.7 Å². The normalized spacial score (nSPS) is 11.9. The summed E-state index contributed by atoms with van der Waals surface area (Å²) < 4.78 is 10.2. The number of methoxy groups -OCH3 is 1. The fourth-order valence-corrected chi connectivity index (χ4v) is 1.95. The maximum atomic E-state index is 11.6. The van der Waals surface area contributed by atoms with Gasteiger partial charge in [0.05, 0.1) is 26.2 Å². The first kappa shape index (κ1) is 17.4. The summed E-state index contributed by atoms with van der Waals surface area (Å²) in [7, 11) is 1.33. The minimum Gasteiger partial charge on any atom is -0.469 e. The third-order valence-corrected chi connectivity index (χ3v) is 3.28. The number of rotatable bonds is 10. The van der Waals surface area contributed by atoms with E-state index in [1.807, 2.05) is 37.3 Å². The van der Waals surface area contributed by atoms with Crippen LogP contribution in [-0.4, -0.2) is 25.0 Å². The summed E-state index contributed by atoms with van der Waals surface area (Å²) in [6.07, 6.45) is 2.70. The molecule has 0 aliphatic heterocycles. The van der Waals surface area contributed by atoms with E-state index in [1.165, 1.54) is 7.11 Å². The van der Waals surface area contributed by atoms with E-state index in [0.717, 1.165) is 18.4 Å². The van der Waals surface area contributed by atoms with E-state index in [9.17, 15) is 9.59 Å². The molecule has 4 heteroatoms. The van der Waals surface area contributed by atoms with Crippen molar-refractivity contribution in [3.63, 3.8) is 0 Å². The van der Waals surface area contributed by atoms with Crippen LogP contribution in [0.1, 0.15) is 44.6 Å². The Morgan fingerprint density at radius 3 is 2.48 bits per heavy atom. The molecule has 4 nitrogen and oxygen atoms in total. The van der Waals surface area contributed by atoms with Crippen LogP contribution in [0, 0.1) is 0 Å². The maximum Gasteiger partial charge on any atom is 0.305 e. The Bertz CT molecular complexity index is 428. The summed E-state index contributed by atoms with van der Waals surface area (Å²) >= 11 is 0. The van der Waals surface area contributed by atoms with Gasteiger partial charge >= 0.3 is 5.97 Å². The van der Waals surface area contributed by atoms with Crippen LogP contribution in [0.4, 0.5) is 0 Å². The summed E-state index contributed by atoms with van der Waals surface area (Å²) in [5, 5.41) is 0. The molecular weight excluding hydrogens is 268 g/mol. The molecule has 0 spiro atoms. The van der Waals surface area contributed by atoms with E-state index in [1.54, 1.807) is 0 Å². The van der Waals surface area contributed by atoms with Gasteiger partial charge in [-0.1, -0.05) is 30.3 Å². The van der Waals surface area contributed by atoms with Crippen molar-refractivity contribution in [3.8, 4) is 0 Å². The topological polar surface area (TPSA) is 52.6 Å². The fourth-order valence-electron chi connectivity index (χ4n) is 1.95. The lowest BCUT2D eigenvalue weighted by molar-refractivity contribution is -0.141. The summed E-state index contributed by atoms with van der Waals surface area (Å²) in [5.41, 5.74) is 1.15. The van der Waals surface area contributed by atoms with Gasteiger partial charge in [-0.2, -0.15) is 0 Å². The zero-order valence-electron chi connectivity index (χ0n) is 12.8. The fraction of sp³-hybridized carbons (Fsp3) is 0.529. The number of Topliss-reactive ketones (excluding diaryl/α,β-unsaturated/α-hetero) is 1. The molecule has 0 aromatic heterocycles. The molecular formula is C17H24O4. The number of carbonyl (C=O) groups excluding carboxylic acids is 2. The monoisotopic (exact) mass is 292 g/mol. The molecule has 0 aliphatic rings. The number of ketones is 1. The summed E-state index contributed by atoms with van der Waals surface area (Å²) in [6.45, 7) is 2.61. The first-order valence-corrected chi connectivity index (χ1v) is 7.36. The minimum absolute atomic E-state index is 0.107. The van der Waals surface area contributed by atoms with E-state index < -0.39 is 0 Å². The highest BCUT2D eigenvalue weighted by molar-refractivity contribution is 5.82. The van der Waals surface area contributed by atoms with E-state index >= 15 is 0 Å². The molecule has 0 saturated carbocycles. The van der Waals surface area contributed by atoms with Gasteiger partial charge in [-0.15, -0.1) is 0 Å². The molecule has 0 saturated heterocycles. The van der Waals surface area contributed by atoms with Crippen molar-refractivity contribution < 1.29 is 19.1 Å². The molecule has 21 heavy (non-hydrogen) atoms. The molecule has 0 heterocycles. The Kier molecular flexibility index (Phi) is 8.36. The lowest BCUT2D eigenvalue weighted by atomic mass is 10.1. The molecule has 0 radical (unpaired) electrons. The lowest BCUT2D eigenvalue weighted by Gasteiger charge is -2.12. The summed E-state index contributed by atoms with van der Waals surface area (Å²) in [4.78, 5) is 22.5. The number of carbonyl (C=O) groups is 2. The van der Waals surface area contributed by atoms with Gasteiger partial charge in [0.2, 0.25) is 0 Å². The molecule has 0 bridgehead atoms. The second-order valence-corrected chi connectivity index (χ2v) is 5.11. The molecule has 0 unspecified atom stereocenters. The number of hydrogen-bond acceptors (Lipinski definition) is 4. The highest BCUT2D eigenvalue weighted by Crippen LogP contribution is 2.10. The van der Waals surface area contributed by atoms with E-state index in [2.05, 4.69) is 4.74 Å². The molecule has 116 valence electrons. The van der Waals surface area contributed by atoms with Crippen molar-refractivity contribution in [1.29, 1.82) is 0 Å². The average molecular weight is 292 g/mol. The molecule has 0 aliphatic carbocycles. The third kappa shape index (κ3) is 8.25. The summed E-state index contributed by atoms with van der Waals surface area (Å²) in [5.74, 6) is -0.224. The zero-order chi connectivity index (χ0) is 15.5. The second-order valence-electron chi connectivity index (χ2n) is 5.11. The highest BCUT2D eigenvalue weighted by atomic mass is 16.5. The quantitative estimate of drug-likeness (QED) is 0.621. The van der Waals surface area contributed by atoms with Gasteiger partial charge in [-0.25, -0.2) is 0 Å². The molecule has 0 amide bonds. The molecule has 1 rings (SSSR count). The Hall–Kier alpha value is -1.68. The van der Waals surface area contributed by atoms with Crippen molar-refractivity contribution in [3.05, 3.63) is 35.9 Å². The Morgan fingerprint density at radius 2 is 1.81 bits per heavy atom. The van der Waals surface area contributed by atoms with Crippen LogP contribution < -0.4 is 0 Å². The largest absolute Gasteiger partial charge is 0.469 e. The lowest BCUT2D eigenvalue weighted by Crippen LogP contribution is -2.10. The molecule has 1 aromatic rings. The number of benzene rings is 1. The SMILES string of the molecule is COC(=O)CCC(=O)CCC[C@@H](C)OCc1ccccc1. The van der Waals surface area contributed by atoms with Gasteiger partial charge in [0.25, 0.3) is 0 Å². The van der Waals surface area contributed by atoms with Gasteiger partial charge < -0.3 is 9.47 Å². The van der Waals surface area contributed by atoms with Gasteiger partial charge in [0.1, 0.15) is 5.78 Å². The third-order valence-electron chi connectivity index (χ3n) is 3.28. The first-order valence-electron chi connectivity index (χ1n) is 7.36. The zero-order valence-corrected chi connectivity index (χ0v) is 12.8. The molecule has 1 atom stereocenters. The molecule has 1 aromatic carbocycles. The van der Waals surface area contributed by atoms with Crippen LogP contribution in [0.2, 0.25) is 0 Å². The van der Waals surface area contributed by atoms with Crippen LogP contribution in [0.5, 0.6) is 0 Å². The van der Waals surface area contributed by atoms with Crippen molar-refractivity contribution in [2.24, 2.45) is 0 Å². The first-order chi connectivity index (χ1) is 10.1. The summed E-state index contributed by atoms with van der Waals surface area (Å²) in [6, 6.07) is 10.0. The number of esters is 1. The van der Waals surface area contributed by atoms with Gasteiger partial charge in [0.15, 0.2) is 0 Å².